The molecule has 1 atom stereocenters. The van der Waals surface area contributed by atoms with E-state index in [0.717, 1.165) is 46.9 Å². The molecule has 5 rings (SSSR count). The van der Waals surface area contributed by atoms with Crippen LogP contribution < -0.4 is 5.73 Å². The third kappa shape index (κ3) is 4.21. The Balaban J connectivity index is 1.28. The van der Waals surface area contributed by atoms with Crippen molar-refractivity contribution in [1.82, 2.24) is 14.9 Å². The van der Waals surface area contributed by atoms with Gasteiger partial charge < -0.3 is 10.6 Å². The first-order valence-electron chi connectivity index (χ1n) is 10.9. The van der Waals surface area contributed by atoms with E-state index in [1.807, 2.05) is 11.3 Å². The van der Waals surface area contributed by atoms with Crippen LogP contribution in [-0.4, -0.2) is 33.7 Å². The molecule has 4 nitrogen and oxygen atoms in total. The summed E-state index contributed by atoms with van der Waals surface area (Å²) >= 11 is 3.56. The van der Waals surface area contributed by atoms with Gasteiger partial charge in [-0.3, -0.25) is 0 Å². The summed E-state index contributed by atoms with van der Waals surface area (Å²) in [5.41, 5.74) is 9.26. The van der Waals surface area contributed by atoms with Gasteiger partial charge in [0, 0.05) is 23.7 Å². The summed E-state index contributed by atoms with van der Waals surface area (Å²) in [6.45, 7) is 2.29. The number of hydrogen-bond acceptors (Lipinski definition) is 6. The number of thiophene rings is 1. The van der Waals surface area contributed by atoms with Gasteiger partial charge in [-0.15, -0.1) is 11.3 Å². The SMILES string of the molecule is Nc1nc(SCCCN2C=CCCC2)nc2sc3c(c12)CC[C@H](c1ccccc1)C3. The summed E-state index contributed by atoms with van der Waals surface area (Å²) in [5, 5.41) is 1.94. The first-order chi connectivity index (χ1) is 14.8. The van der Waals surface area contributed by atoms with Crippen molar-refractivity contribution in [3.63, 3.8) is 0 Å². The molecular formula is C24H28N4S2. The van der Waals surface area contributed by atoms with Crippen LogP contribution in [0.15, 0.2) is 47.8 Å². The number of hydrogen-bond donors (Lipinski definition) is 1. The molecule has 0 spiro atoms. The van der Waals surface area contributed by atoms with Crippen LogP contribution in [0.4, 0.5) is 5.82 Å². The Hall–Kier alpha value is -2.05. The molecule has 1 aromatic carbocycles. The van der Waals surface area contributed by atoms with Crippen LogP contribution in [-0.2, 0) is 12.8 Å². The number of fused-ring (bicyclic) bond motifs is 3. The zero-order valence-corrected chi connectivity index (χ0v) is 18.9. The average Bonchev–Trinajstić information content (AvgIpc) is 3.16. The maximum atomic E-state index is 6.42. The molecule has 1 aliphatic heterocycles. The second-order valence-corrected chi connectivity index (χ2v) is 10.3. The summed E-state index contributed by atoms with van der Waals surface area (Å²) < 4.78 is 0. The molecule has 0 amide bonds. The molecule has 0 saturated heterocycles. The Morgan fingerprint density at radius 2 is 2.10 bits per heavy atom. The first-order valence-corrected chi connectivity index (χ1v) is 12.7. The maximum Gasteiger partial charge on any atom is 0.190 e. The number of nitrogens with zero attached hydrogens (tertiary/aromatic N) is 3. The molecule has 0 saturated carbocycles. The molecule has 2 aliphatic rings. The Labute approximate surface area is 186 Å². The summed E-state index contributed by atoms with van der Waals surface area (Å²) in [6.07, 6.45) is 11.5. The minimum Gasteiger partial charge on any atom is -0.383 e. The molecule has 0 radical (unpaired) electrons. The topological polar surface area (TPSA) is 55.0 Å². The molecule has 2 aromatic heterocycles. The molecule has 30 heavy (non-hydrogen) atoms. The van der Waals surface area contributed by atoms with Crippen LogP contribution in [0.2, 0.25) is 0 Å². The number of thioether (sulfide) groups is 1. The number of aromatic nitrogens is 2. The van der Waals surface area contributed by atoms with Gasteiger partial charge in [0.05, 0.1) is 5.39 Å². The van der Waals surface area contributed by atoms with E-state index in [4.69, 9.17) is 10.7 Å². The molecule has 3 heterocycles. The lowest BCUT2D eigenvalue weighted by molar-refractivity contribution is 0.356. The summed E-state index contributed by atoms with van der Waals surface area (Å²) in [6, 6.07) is 10.9. The third-order valence-electron chi connectivity index (χ3n) is 6.14. The lowest BCUT2D eigenvalue weighted by Gasteiger charge is -2.23. The number of rotatable bonds is 6. The van der Waals surface area contributed by atoms with E-state index < -0.39 is 0 Å². The minimum atomic E-state index is 0.596. The lowest BCUT2D eigenvalue weighted by atomic mass is 9.83. The van der Waals surface area contributed by atoms with Gasteiger partial charge in [-0.05, 0) is 61.8 Å². The zero-order valence-electron chi connectivity index (χ0n) is 17.2. The fourth-order valence-corrected chi connectivity index (χ4v) is 6.73. The summed E-state index contributed by atoms with van der Waals surface area (Å²) in [5.74, 6) is 2.28. The molecule has 0 fully saturated rings. The largest absolute Gasteiger partial charge is 0.383 e. The second-order valence-electron chi connectivity index (χ2n) is 8.19. The van der Waals surface area contributed by atoms with Gasteiger partial charge >= 0.3 is 0 Å². The molecule has 156 valence electrons. The summed E-state index contributed by atoms with van der Waals surface area (Å²) in [4.78, 5) is 14.5. The highest BCUT2D eigenvalue weighted by molar-refractivity contribution is 7.99. The number of nitrogen functional groups attached to an aromatic ring is 1. The quantitative estimate of drug-likeness (QED) is 0.308. The fourth-order valence-electron chi connectivity index (χ4n) is 4.59. The average molecular weight is 437 g/mol. The van der Waals surface area contributed by atoms with E-state index in [9.17, 15) is 0 Å². The number of aryl methyl sites for hydroxylation is 1. The summed E-state index contributed by atoms with van der Waals surface area (Å²) in [7, 11) is 0. The Kier molecular flexibility index (Phi) is 5.95. The Bertz CT molecular complexity index is 1040. The van der Waals surface area contributed by atoms with Crippen LogP contribution in [0.3, 0.4) is 0 Å². The van der Waals surface area contributed by atoms with E-state index in [-0.39, 0.29) is 0 Å². The van der Waals surface area contributed by atoms with E-state index in [1.165, 1.54) is 41.8 Å². The van der Waals surface area contributed by atoms with Crippen molar-refractivity contribution in [2.75, 3.05) is 24.6 Å². The number of anilines is 1. The van der Waals surface area contributed by atoms with E-state index >= 15 is 0 Å². The number of nitrogens with two attached hydrogens (primary N) is 1. The first kappa shape index (κ1) is 19.9. The highest BCUT2D eigenvalue weighted by Crippen LogP contribution is 2.42. The van der Waals surface area contributed by atoms with E-state index in [2.05, 4.69) is 52.5 Å². The molecule has 1 aliphatic carbocycles. The van der Waals surface area contributed by atoms with Crippen molar-refractivity contribution in [2.24, 2.45) is 0 Å². The molecule has 6 heteroatoms. The second kappa shape index (κ2) is 8.98. The van der Waals surface area contributed by atoms with Crippen molar-refractivity contribution >= 4 is 39.1 Å². The van der Waals surface area contributed by atoms with E-state index in [1.54, 1.807) is 11.8 Å². The predicted octanol–water partition coefficient (Wildman–Crippen LogP) is 5.64. The molecule has 0 unspecified atom stereocenters. The number of benzene rings is 1. The third-order valence-corrected chi connectivity index (χ3v) is 8.22. The van der Waals surface area contributed by atoms with Crippen LogP contribution >= 0.6 is 23.1 Å². The van der Waals surface area contributed by atoms with Crippen molar-refractivity contribution in [1.29, 1.82) is 0 Å². The number of allylic oxidation sites excluding steroid dienone is 1. The van der Waals surface area contributed by atoms with Gasteiger partial charge in [0.25, 0.3) is 0 Å². The van der Waals surface area contributed by atoms with Crippen LogP contribution in [0.1, 0.15) is 47.6 Å². The standard InChI is InChI=1S/C24H28N4S2/c25-22-21-19-11-10-18(17-8-3-1-4-9-17)16-20(19)30-23(21)27-24(26-22)29-15-7-14-28-12-5-2-6-13-28/h1,3-5,8-9,12,18H,2,6-7,10-11,13-16H2,(H2,25,26,27)/t18-/m0/s1. The Morgan fingerprint density at radius 1 is 1.20 bits per heavy atom. The molecule has 0 bridgehead atoms. The normalized spacial score (nSPS) is 18.7. The highest BCUT2D eigenvalue weighted by atomic mass is 32.2. The highest BCUT2D eigenvalue weighted by Gasteiger charge is 2.26. The predicted molar refractivity (Wildman–Crippen MR) is 128 cm³/mol. The maximum absolute atomic E-state index is 6.42. The minimum absolute atomic E-state index is 0.596. The van der Waals surface area contributed by atoms with E-state index in [0.29, 0.717) is 11.7 Å². The zero-order chi connectivity index (χ0) is 20.3. The van der Waals surface area contributed by atoms with Gasteiger partial charge in [0.15, 0.2) is 5.16 Å². The van der Waals surface area contributed by atoms with Gasteiger partial charge in [-0.2, -0.15) is 0 Å². The van der Waals surface area contributed by atoms with Crippen molar-refractivity contribution in [3.8, 4) is 0 Å². The molecule has 2 N–H and O–H groups in total. The van der Waals surface area contributed by atoms with Crippen molar-refractivity contribution in [3.05, 3.63) is 58.6 Å². The van der Waals surface area contributed by atoms with Gasteiger partial charge in [0.2, 0.25) is 0 Å². The monoisotopic (exact) mass is 436 g/mol. The van der Waals surface area contributed by atoms with Crippen LogP contribution in [0.5, 0.6) is 0 Å². The van der Waals surface area contributed by atoms with Crippen LogP contribution in [0.25, 0.3) is 10.2 Å². The van der Waals surface area contributed by atoms with Crippen molar-refractivity contribution in [2.45, 2.75) is 49.6 Å². The van der Waals surface area contributed by atoms with Gasteiger partial charge in [-0.1, -0.05) is 48.2 Å². The molecular weight excluding hydrogens is 408 g/mol. The lowest BCUT2D eigenvalue weighted by Crippen LogP contribution is -2.22. The Morgan fingerprint density at radius 3 is 2.93 bits per heavy atom. The van der Waals surface area contributed by atoms with Gasteiger partial charge in [-0.25, -0.2) is 9.97 Å². The van der Waals surface area contributed by atoms with Gasteiger partial charge in [0.1, 0.15) is 10.6 Å². The molecule has 3 aromatic rings. The smallest absolute Gasteiger partial charge is 0.190 e. The van der Waals surface area contributed by atoms with Crippen molar-refractivity contribution < 1.29 is 0 Å². The van der Waals surface area contributed by atoms with Crippen LogP contribution in [0, 0.1) is 0 Å². The fraction of sp³-hybridized carbons (Fsp3) is 0.417.